The van der Waals surface area contributed by atoms with Crippen LogP contribution >= 0.6 is 11.6 Å². The molecule has 3 rings (SSSR count). The van der Waals surface area contributed by atoms with E-state index < -0.39 is 10.0 Å². The van der Waals surface area contributed by atoms with Crippen molar-refractivity contribution in [3.05, 3.63) is 58.8 Å². The van der Waals surface area contributed by atoms with E-state index in [2.05, 4.69) is 9.71 Å². The Morgan fingerprint density at radius 1 is 1.32 bits per heavy atom. The maximum atomic E-state index is 12.4. The summed E-state index contributed by atoms with van der Waals surface area (Å²) in [5.74, 6) is 0.0881. The average Bonchev–Trinajstić information content (AvgIpc) is 2.55. The highest BCUT2D eigenvalue weighted by Crippen LogP contribution is 2.16. The van der Waals surface area contributed by atoms with Crippen LogP contribution < -0.4 is 5.32 Å². The van der Waals surface area contributed by atoms with E-state index in [0.717, 1.165) is 5.56 Å². The van der Waals surface area contributed by atoms with Crippen LogP contribution in [0.3, 0.4) is 0 Å². The lowest BCUT2D eigenvalue weighted by atomic mass is 10.1. The Labute approximate surface area is 151 Å². The maximum Gasteiger partial charge on any atom is 0.256 e. The number of rotatable bonds is 4. The summed E-state index contributed by atoms with van der Waals surface area (Å²) in [6.07, 6.45) is 5.46. The smallest absolute Gasteiger partial charge is 0.256 e. The largest absolute Gasteiger partial charge is 0.349 e. The van der Waals surface area contributed by atoms with Crippen molar-refractivity contribution in [3.8, 4) is 0 Å². The normalized spacial score (nSPS) is 19.5. The van der Waals surface area contributed by atoms with Crippen molar-refractivity contribution in [2.45, 2.75) is 19.4 Å². The second kappa shape index (κ2) is 7.01. The number of nitrogens with one attached hydrogen (secondary N) is 1. The van der Waals surface area contributed by atoms with Crippen molar-refractivity contribution in [1.82, 2.24) is 10.2 Å². The summed E-state index contributed by atoms with van der Waals surface area (Å²) in [5, 5.41) is 3.63. The Bertz CT molecular complexity index is 873. The van der Waals surface area contributed by atoms with Crippen LogP contribution in [0.15, 0.2) is 52.6 Å². The SMILES string of the molecule is C[C@H](Cc1ccc(Cl)cc1)NC(=O)C1=CN2CCS(=O)(=O)N=C2C=C1. The Kier molecular flexibility index (Phi) is 4.96. The monoisotopic (exact) mass is 379 g/mol. The van der Waals surface area contributed by atoms with Crippen LogP contribution in [0.1, 0.15) is 12.5 Å². The number of hydrogen-bond acceptors (Lipinski definition) is 4. The minimum absolute atomic E-state index is 0.0529. The van der Waals surface area contributed by atoms with Gasteiger partial charge in [0.25, 0.3) is 15.9 Å². The number of benzene rings is 1. The molecule has 0 unspecified atom stereocenters. The second-order valence-electron chi connectivity index (χ2n) is 6.05. The highest BCUT2D eigenvalue weighted by molar-refractivity contribution is 7.90. The summed E-state index contributed by atoms with van der Waals surface area (Å²) in [6, 6.07) is 7.45. The van der Waals surface area contributed by atoms with E-state index in [1.165, 1.54) is 0 Å². The van der Waals surface area contributed by atoms with Crippen LogP contribution in [0, 0.1) is 0 Å². The number of halogens is 1. The molecule has 0 aromatic heterocycles. The summed E-state index contributed by atoms with van der Waals surface area (Å²) in [7, 11) is -3.39. The molecule has 0 bridgehead atoms. The fourth-order valence-electron chi connectivity index (χ4n) is 2.67. The third-order valence-electron chi connectivity index (χ3n) is 3.92. The molecule has 0 aliphatic carbocycles. The molecule has 1 amide bonds. The molecule has 2 aliphatic rings. The number of nitrogens with zero attached hydrogens (tertiary/aromatic N) is 2. The number of carbonyl (C=O) groups excluding carboxylic acids is 1. The van der Waals surface area contributed by atoms with Crippen LogP contribution in [-0.2, 0) is 21.2 Å². The molecule has 6 nitrogen and oxygen atoms in total. The maximum absolute atomic E-state index is 12.4. The zero-order chi connectivity index (χ0) is 18.0. The van der Waals surface area contributed by atoms with Crippen molar-refractivity contribution in [2.75, 3.05) is 12.3 Å². The standard InChI is InChI=1S/C17H18ClN3O3S/c1-12(10-13-2-5-15(18)6-3-13)19-17(22)14-4-7-16-20-25(23,24)9-8-21(16)11-14/h2-7,11-12H,8-10H2,1H3,(H,19,22)/t12-/m1/s1. The first-order valence-electron chi connectivity index (χ1n) is 7.87. The molecule has 8 heteroatoms. The van der Waals surface area contributed by atoms with Crippen molar-refractivity contribution >= 4 is 33.4 Å². The number of hydrogen-bond donors (Lipinski definition) is 1. The quantitative estimate of drug-likeness (QED) is 0.866. The van der Waals surface area contributed by atoms with E-state index in [4.69, 9.17) is 11.6 Å². The average molecular weight is 380 g/mol. The van der Waals surface area contributed by atoms with Crippen molar-refractivity contribution in [1.29, 1.82) is 0 Å². The third-order valence-corrected chi connectivity index (χ3v) is 5.33. The summed E-state index contributed by atoms with van der Waals surface area (Å²) >= 11 is 5.87. The minimum Gasteiger partial charge on any atom is -0.349 e. The lowest BCUT2D eigenvalue weighted by Crippen LogP contribution is -2.39. The highest BCUT2D eigenvalue weighted by atomic mass is 35.5. The zero-order valence-electron chi connectivity index (χ0n) is 13.6. The van der Waals surface area contributed by atoms with Gasteiger partial charge in [0.1, 0.15) is 5.84 Å². The summed E-state index contributed by atoms with van der Waals surface area (Å²) in [6.45, 7) is 2.22. The Morgan fingerprint density at radius 2 is 2.04 bits per heavy atom. The van der Waals surface area contributed by atoms with Gasteiger partial charge in [0.2, 0.25) is 0 Å². The van der Waals surface area contributed by atoms with E-state index in [-0.39, 0.29) is 17.7 Å². The van der Waals surface area contributed by atoms with Gasteiger partial charge in [-0.25, -0.2) is 8.42 Å². The van der Waals surface area contributed by atoms with Crippen LogP contribution in [0.5, 0.6) is 0 Å². The molecular formula is C17H18ClN3O3S. The van der Waals surface area contributed by atoms with Gasteiger partial charge in [-0.2, -0.15) is 0 Å². The van der Waals surface area contributed by atoms with Gasteiger partial charge in [-0.05, 0) is 43.2 Å². The van der Waals surface area contributed by atoms with Crippen LogP contribution in [-0.4, -0.2) is 43.4 Å². The van der Waals surface area contributed by atoms with Crippen molar-refractivity contribution < 1.29 is 13.2 Å². The first-order chi connectivity index (χ1) is 11.8. The van der Waals surface area contributed by atoms with Crippen LogP contribution in [0.4, 0.5) is 0 Å². The van der Waals surface area contributed by atoms with Gasteiger partial charge >= 0.3 is 0 Å². The van der Waals surface area contributed by atoms with E-state index in [1.807, 2.05) is 31.2 Å². The molecular weight excluding hydrogens is 362 g/mol. The molecule has 1 N–H and O–H groups in total. The van der Waals surface area contributed by atoms with Crippen molar-refractivity contribution in [3.63, 3.8) is 0 Å². The highest BCUT2D eigenvalue weighted by Gasteiger charge is 2.25. The molecule has 1 aromatic rings. The number of carbonyl (C=O) groups is 1. The van der Waals surface area contributed by atoms with Gasteiger partial charge < -0.3 is 10.2 Å². The van der Waals surface area contributed by atoms with Gasteiger partial charge in [-0.3, -0.25) is 4.79 Å². The number of fused-ring (bicyclic) bond motifs is 1. The molecule has 132 valence electrons. The van der Waals surface area contributed by atoms with E-state index >= 15 is 0 Å². The zero-order valence-corrected chi connectivity index (χ0v) is 15.2. The van der Waals surface area contributed by atoms with Gasteiger partial charge in [-0.1, -0.05) is 23.7 Å². The molecule has 2 heterocycles. The predicted molar refractivity (Wildman–Crippen MR) is 97.9 cm³/mol. The fourth-order valence-corrected chi connectivity index (χ4v) is 3.76. The molecule has 2 aliphatic heterocycles. The summed E-state index contributed by atoms with van der Waals surface area (Å²) < 4.78 is 26.7. The summed E-state index contributed by atoms with van der Waals surface area (Å²) in [4.78, 5) is 14.1. The number of amidine groups is 1. The van der Waals surface area contributed by atoms with Gasteiger partial charge in [0.05, 0.1) is 11.3 Å². The van der Waals surface area contributed by atoms with Gasteiger partial charge in [-0.15, -0.1) is 4.40 Å². The Balaban J connectivity index is 1.63. The molecule has 0 spiro atoms. The molecule has 0 saturated heterocycles. The lowest BCUT2D eigenvalue weighted by Gasteiger charge is -2.27. The topological polar surface area (TPSA) is 78.8 Å². The minimum atomic E-state index is -3.39. The van der Waals surface area contributed by atoms with E-state index in [0.29, 0.717) is 29.4 Å². The molecule has 1 atom stereocenters. The van der Waals surface area contributed by atoms with Crippen LogP contribution in [0.25, 0.3) is 0 Å². The van der Waals surface area contributed by atoms with E-state index in [1.54, 1.807) is 23.3 Å². The fraction of sp³-hybridized carbons (Fsp3) is 0.294. The first kappa shape index (κ1) is 17.7. The first-order valence-corrected chi connectivity index (χ1v) is 9.86. The van der Waals surface area contributed by atoms with E-state index in [9.17, 15) is 13.2 Å². The molecule has 0 radical (unpaired) electrons. The molecule has 0 fully saturated rings. The molecule has 1 aromatic carbocycles. The lowest BCUT2D eigenvalue weighted by molar-refractivity contribution is -0.117. The molecule has 25 heavy (non-hydrogen) atoms. The second-order valence-corrected chi connectivity index (χ2v) is 8.24. The summed E-state index contributed by atoms with van der Waals surface area (Å²) in [5.41, 5.74) is 1.56. The predicted octanol–water partition coefficient (Wildman–Crippen LogP) is 1.88. The van der Waals surface area contributed by atoms with Gasteiger partial charge in [0, 0.05) is 23.8 Å². The number of amides is 1. The van der Waals surface area contributed by atoms with Crippen LogP contribution in [0.2, 0.25) is 5.02 Å². The third kappa shape index (κ3) is 4.49. The molecule has 0 saturated carbocycles. The number of sulfonamides is 1. The van der Waals surface area contributed by atoms with Gasteiger partial charge in [0.15, 0.2) is 0 Å². The Morgan fingerprint density at radius 3 is 2.76 bits per heavy atom. The Hall–Kier alpha value is -2.12. The van der Waals surface area contributed by atoms with Crippen molar-refractivity contribution in [2.24, 2.45) is 4.40 Å².